The van der Waals surface area contributed by atoms with Crippen LogP contribution in [0, 0.1) is 0 Å². The first kappa shape index (κ1) is 22.5. The Bertz CT molecular complexity index is 1600. The Hall–Kier alpha value is -4.29. The summed E-state index contributed by atoms with van der Waals surface area (Å²) in [5.41, 5.74) is 3.48. The number of anilines is 1. The molecule has 0 aliphatic carbocycles. The number of nitrogens with zero attached hydrogens (tertiary/aromatic N) is 2. The molecule has 0 bridgehead atoms. The molecular formula is C29H23N3O2S. The van der Waals surface area contributed by atoms with Crippen LogP contribution in [0.25, 0.3) is 12.2 Å². The first-order valence-electron chi connectivity index (χ1n) is 11.3. The van der Waals surface area contributed by atoms with Gasteiger partial charge in [-0.3, -0.25) is 14.2 Å². The summed E-state index contributed by atoms with van der Waals surface area (Å²) in [4.78, 5) is 32.3. The second kappa shape index (κ2) is 9.91. The number of aromatic nitrogens is 1. The molecule has 1 atom stereocenters. The number of benzene rings is 3. The van der Waals surface area contributed by atoms with Crippen molar-refractivity contribution in [3.8, 4) is 0 Å². The molecule has 0 saturated heterocycles. The summed E-state index contributed by atoms with van der Waals surface area (Å²) in [5, 5.41) is 2.96. The summed E-state index contributed by atoms with van der Waals surface area (Å²) >= 11 is 1.33. The highest BCUT2D eigenvalue weighted by molar-refractivity contribution is 7.07. The van der Waals surface area contributed by atoms with E-state index >= 15 is 0 Å². The maximum atomic E-state index is 13.6. The fourth-order valence-electron chi connectivity index (χ4n) is 4.11. The Morgan fingerprint density at radius 3 is 2.26 bits per heavy atom. The molecule has 0 spiro atoms. The van der Waals surface area contributed by atoms with E-state index in [2.05, 4.69) is 10.3 Å². The lowest BCUT2D eigenvalue weighted by Crippen LogP contribution is -2.40. The topological polar surface area (TPSA) is 63.5 Å². The molecule has 3 aromatic carbocycles. The van der Waals surface area contributed by atoms with E-state index in [1.54, 1.807) is 4.57 Å². The van der Waals surface area contributed by atoms with Crippen LogP contribution in [0.1, 0.15) is 24.1 Å². The van der Waals surface area contributed by atoms with Gasteiger partial charge in [0.25, 0.3) is 11.5 Å². The van der Waals surface area contributed by atoms with Crippen LogP contribution in [0.3, 0.4) is 0 Å². The van der Waals surface area contributed by atoms with Crippen LogP contribution in [0.15, 0.2) is 118 Å². The fourth-order valence-corrected chi connectivity index (χ4v) is 5.11. The SMILES string of the molecule is CC1=C(C(=O)Nc2ccccc2)[C@H](c2ccccc2)n2c(s/c(=C\C=C\c3ccccc3)c2=O)=N1. The van der Waals surface area contributed by atoms with E-state index in [-0.39, 0.29) is 11.5 Å². The maximum Gasteiger partial charge on any atom is 0.271 e. The lowest BCUT2D eigenvalue weighted by Gasteiger charge is -2.25. The van der Waals surface area contributed by atoms with Crippen LogP contribution in [0.4, 0.5) is 5.69 Å². The van der Waals surface area contributed by atoms with Gasteiger partial charge in [0.2, 0.25) is 0 Å². The van der Waals surface area contributed by atoms with Gasteiger partial charge in [0.15, 0.2) is 4.80 Å². The molecule has 1 aromatic heterocycles. The van der Waals surface area contributed by atoms with Crippen LogP contribution >= 0.6 is 11.3 Å². The Balaban J connectivity index is 1.60. The van der Waals surface area contributed by atoms with E-state index < -0.39 is 6.04 Å². The molecule has 1 aliphatic heterocycles. The Morgan fingerprint density at radius 1 is 0.943 bits per heavy atom. The first-order chi connectivity index (χ1) is 17.1. The number of thiazole rings is 1. The Morgan fingerprint density at radius 2 is 1.57 bits per heavy atom. The number of para-hydroxylation sites is 1. The van der Waals surface area contributed by atoms with Gasteiger partial charge in [0.1, 0.15) is 0 Å². The van der Waals surface area contributed by atoms with Gasteiger partial charge in [-0.15, -0.1) is 0 Å². The summed E-state index contributed by atoms with van der Waals surface area (Å²) < 4.78 is 2.20. The van der Waals surface area contributed by atoms with E-state index in [1.807, 2.05) is 116 Å². The van der Waals surface area contributed by atoms with Crippen molar-refractivity contribution in [3.05, 3.63) is 139 Å². The average Bonchev–Trinajstić information content (AvgIpc) is 3.19. The van der Waals surface area contributed by atoms with E-state index in [0.29, 0.717) is 26.3 Å². The molecule has 1 amide bonds. The number of fused-ring (bicyclic) bond motifs is 1. The summed E-state index contributed by atoms with van der Waals surface area (Å²) in [5.74, 6) is -0.274. The zero-order valence-electron chi connectivity index (χ0n) is 19.1. The molecule has 6 heteroatoms. The summed E-state index contributed by atoms with van der Waals surface area (Å²) in [6.07, 6.45) is 5.63. The summed E-state index contributed by atoms with van der Waals surface area (Å²) in [6, 6.07) is 28.2. The van der Waals surface area contributed by atoms with Crippen LogP contribution in [0.2, 0.25) is 0 Å². The molecule has 0 unspecified atom stereocenters. The number of rotatable bonds is 5. The molecule has 5 nitrogen and oxygen atoms in total. The summed E-state index contributed by atoms with van der Waals surface area (Å²) in [7, 11) is 0. The highest BCUT2D eigenvalue weighted by Crippen LogP contribution is 2.30. The average molecular weight is 478 g/mol. The molecule has 4 aromatic rings. The molecule has 5 rings (SSSR count). The van der Waals surface area contributed by atoms with Crippen LogP contribution in [-0.4, -0.2) is 10.5 Å². The predicted molar refractivity (Wildman–Crippen MR) is 142 cm³/mol. The van der Waals surface area contributed by atoms with Crippen LogP contribution in [0.5, 0.6) is 0 Å². The maximum absolute atomic E-state index is 13.6. The highest BCUT2D eigenvalue weighted by atomic mass is 32.1. The van der Waals surface area contributed by atoms with E-state index in [9.17, 15) is 9.59 Å². The Labute approximate surface area is 206 Å². The molecule has 35 heavy (non-hydrogen) atoms. The van der Waals surface area contributed by atoms with Crippen molar-refractivity contribution < 1.29 is 4.79 Å². The molecule has 1 N–H and O–H groups in total. The van der Waals surface area contributed by atoms with Gasteiger partial charge in [0, 0.05) is 5.69 Å². The second-order valence-corrected chi connectivity index (χ2v) is 9.11. The smallest absolute Gasteiger partial charge is 0.271 e. The lowest BCUT2D eigenvalue weighted by molar-refractivity contribution is -0.113. The number of carbonyl (C=O) groups is 1. The van der Waals surface area contributed by atoms with Gasteiger partial charge in [-0.2, -0.15) is 0 Å². The number of amides is 1. The molecule has 0 radical (unpaired) electrons. The molecule has 2 heterocycles. The number of hydrogen-bond donors (Lipinski definition) is 1. The van der Waals surface area contributed by atoms with Gasteiger partial charge in [-0.25, -0.2) is 4.99 Å². The zero-order valence-corrected chi connectivity index (χ0v) is 19.9. The molecule has 1 aliphatic rings. The minimum absolute atomic E-state index is 0.169. The minimum Gasteiger partial charge on any atom is -0.322 e. The van der Waals surface area contributed by atoms with Crippen molar-refractivity contribution in [2.24, 2.45) is 4.99 Å². The van der Waals surface area contributed by atoms with Crippen molar-refractivity contribution in [2.45, 2.75) is 13.0 Å². The van der Waals surface area contributed by atoms with Gasteiger partial charge < -0.3 is 5.32 Å². The van der Waals surface area contributed by atoms with Crippen LogP contribution in [-0.2, 0) is 4.79 Å². The van der Waals surface area contributed by atoms with Crippen molar-refractivity contribution in [2.75, 3.05) is 5.32 Å². The Kier molecular flexibility index (Phi) is 6.37. The normalized spacial score (nSPS) is 15.7. The number of hydrogen-bond acceptors (Lipinski definition) is 4. The minimum atomic E-state index is -0.573. The van der Waals surface area contributed by atoms with Crippen molar-refractivity contribution in [3.63, 3.8) is 0 Å². The van der Waals surface area contributed by atoms with Gasteiger partial charge in [-0.05, 0) is 36.3 Å². The number of carbonyl (C=O) groups excluding carboxylic acids is 1. The molecular weight excluding hydrogens is 454 g/mol. The fraction of sp³-hybridized carbons (Fsp3) is 0.0690. The predicted octanol–water partition coefficient (Wildman–Crippen LogP) is 4.54. The van der Waals surface area contributed by atoms with Crippen molar-refractivity contribution in [1.29, 1.82) is 0 Å². The van der Waals surface area contributed by atoms with Gasteiger partial charge in [0.05, 0.1) is 21.8 Å². The highest BCUT2D eigenvalue weighted by Gasteiger charge is 2.32. The third kappa shape index (κ3) is 4.69. The quantitative estimate of drug-likeness (QED) is 0.459. The standard InChI is InChI=1S/C29H23N3O2S/c1-20-25(27(33)31-23-17-9-4-10-18-23)26(22-15-7-3-8-16-22)32-28(34)24(35-29(32)30-20)19-11-14-21-12-5-2-6-13-21/h2-19,26H,1H3,(H,31,33)/b14-11+,24-19-/t26-/m0/s1. The lowest BCUT2D eigenvalue weighted by atomic mass is 9.95. The van der Waals surface area contributed by atoms with E-state index in [1.165, 1.54) is 11.3 Å². The molecule has 172 valence electrons. The largest absolute Gasteiger partial charge is 0.322 e. The number of allylic oxidation sites excluding steroid dienone is 2. The third-order valence-electron chi connectivity index (χ3n) is 5.75. The molecule has 0 fully saturated rings. The number of nitrogens with one attached hydrogen (secondary N) is 1. The monoisotopic (exact) mass is 477 g/mol. The van der Waals surface area contributed by atoms with E-state index in [0.717, 1.165) is 11.1 Å². The van der Waals surface area contributed by atoms with Crippen molar-refractivity contribution >= 4 is 35.1 Å². The second-order valence-electron chi connectivity index (χ2n) is 8.10. The van der Waals surface area contributed by atoms with Gasteiger partial charge in [-0.1, -0.05) is 102 Å². The molecule has 0 saturated carbocycles. The van der Waals surface area contributed by atoms with Crippen molar-refractivity contribution in [1.82, 2.24) is 4.57 Å². The first-order valence-corrected chi connectivity index (χ1v) is 12.1. The van der Waals surface area contributed by atoms with Crippen LogP contribution < -0.4 is 20.2 Å². The third-order valence-corrected chi connectivity index (χ3v) is 6.75. The van der Waals surface area contributed by atoms with E-state index in [4.69, 9.17) is 0 Å². The zero-order chi connectivity index (χ0) is 24.2. The van der Waals surface area contributed by atoms with Gasteiger partial charge >= 0.3 is 0 Å². The summed E-state index contributed by atoms with van der Waals surface area (Å²) in [6.45, 7) is 1.82.